The Morgan fingerprint density at radius 2 is 1.92 bits per heavy atom. The van der Waals surface area contributed by atoms with E-state index in [-0.39, 0.29) is 11.6 Å². The molecular weight excluding hydrogens is 328 g/mol. The lowest BCUT2D eigenvalue weighted by Crippen LogP contribution is -1.91. The molecule has 0 spiro atoms. The third-order valence-corrected chi connectivity index (χ3v) is 4.08. The van der Waals surface area contributed by atoms with Gasteiger partial charge in [-0.2, -0.15) is 5.26 Å². The zero-order valence-electron chi connectivity index (χ0n) is 12.3. The first-order valence-corrected chi connectivity index (χ1v) is 7.88. The molecule has 0 saturated heterocycles. The predicted molar refractivity (Wildman–Crippen MR) is 91.1 cm³/mol. The summed E-state index contributed by atoms with van der Waals surface area (Å²) in [5.74, 6) is -0.675. The summed E-state index contributed by atoms with van der Waals surface area (Å²) in [7, 11) is 0. The third-order valence-electron chi connectivity index (χ3n) is 3.20. The Bertz CT molecular complexity index is 924. The Morgan fingerprint density at radius 3 is 2.62 bits per heavy atom. The molecule has 0 unspecified atom stereocenters. The Hall–Kier alpha value is -3.04. The second kappa shape index (κ2) is 7.02. The molecule has 0 atom stereocenters. The Labute approximate surface area is 141 Å². The molecule has 0 saturated carbocycles. The number of hydrogen-bond acceptors (Lipinski definition) is 4. The minimum atomic E-state index is -0.361. The average molecular weight is 339 g/mol. The van der Waals surface area contributed by atoms with Crippen LogP contribution in [0.15, 0.2) is 60.1 Å². The smallest absolute Gasteiger partial charge is 0.136 e. The van der Waals surface area contributed by atoms with Gasteiger partial charge in [0.05, 0.1) is 5.69 Å². The predicted octanol–water partition coefficient (Wildman–Crippen LogP) is 5.06. The van der Waals surface area contributed by atoms with Gasteiger partial charge in [0.25, 0.3) is 0 Å². The zero-order chi connectivity index (χ0) is 16.9. The van der Waals surface area contributed by atoms with Crippen LogP contribution in [0.3, 0.4) is 0 Å². The van der Waals surface area contributed by atoms with Crippen LogP contribution >= 0.6 is 11.3 Å². The van der Waals surface area contributed by atoms with Crippen molar-refractivity contribution in [1.29, 1.82) is 5.26 Å². The van der Waals surface area contributed by atoms with E-state index in [0.717, 1.165) is 5.56 Å². The fourth-order valence-corrected chi connectivity index (χ4v) is 2.82. The van der Waals surface area contributed by atoms with Gasteiger partial charge in [0.1, 0.15) is 28.3 Å². The lowest BCUT2D eigenvalue weighted by molar-refractivity contribution is 0.628. The van der Waals surface area contributed by atoms with E-state index in [4.69, 9.17) is 0 Å². The van der Waals surface area contributed by atoms with Crippen LogP contribution in [-0.4, -0.2) is 4.98 Å². The van der Waals surface area contributed by atoms with E-state index in [1.54, 1.807) is 29.6 Å². The highest BCUT2D eigenvalue weighted by Crippen LogP contribution is 2.26. The van der Waals surface area contributed by atoms with Gasteiger partial charge in [0.2, 0.25) is 0 Å². The van der Waals surface area contributed by atoms with Crippen LogP contribution < -0.4 is 5.32 Å². The van der Waals surface area contributed by atoms with Crippen LogP contribution in [0.4, 0.5) is 14.5 Å². The first-order valence-electron chi connectivity index (χ1n) is 7.00. The van der Waals surface area contributed by atoms with Crippen LogP contribution in [0.2, 0.25) is 0 Å². The molecule has 118 valence electrons. The molecule has 3 nitrogen and oxygen atoms in total. The van der Waals surface area contributed by atoms with Crippen molar-refractivity contribution in [2.45, 2.75) is 0 Å². The lowest BCUT2D eigenvalue weighted by Gasteiger charge is -2.01. The Balaban J connectivity index is 1.82. The summed E-state index contributed by atoms with van der Waals surface area (Å²) in [4.78, 5) is 4.40. The summed E-state index contributed by atoms with van der Waals surface area (Å²) in [6.45, 7) is 0. The lowest BCUT2D eigenvalue weighted by atomic mass is 10.2. The van der Waals surface area contributed by atoms with Gasteiger partial charge in [-0.3, -0.25) is 0 Å². The van der Waals surface area contributed by atoms with Gasteiger partial charge in [0.15, 0.2) is 0 Å². The first-order chi connectivity index (χ1) is 11.7. The van der Waals surface area contributed by atoms with E-state index in [1.807, 2.05) is 0 Å². The molecule has 3 rings (SSSR count). The van der Waals surface area contributed by atoms with Gasteiger partial charge in [-0.25, -0.2) is 13.8 Å². The molecule has 0 aliphatic carbocycles. The van der Waals surface area contributed by atoms with E-state index < -0.39 is 0 Å². The van der Waals surface area contributed by atoms with Crippen molar-refractivity contribution < 1.29 is 8.78 Å². The number of allylic oxidation sites excluding steroid dienone is 1. The number of nitrogens with zero attached hydrogens (tertiary/aromatic N) is 2. The summed E-state index contributed by atoms with van der Waals surface area (Å²) < 4.78 is 26.1. The van der Waals surface area contributed by atoms with Crippen molar-refractivity contribution in [2.24, 2.45) is 0 Å². The normalized spacial score (nSPS) is 11.1. The van der Waals surface area contributed by atoms with Crippen LogP contribution in [0, 0.1) is 23.0 Å². The largest absolute Gasteiger partial charge is 0.360 e. The maximum atomic E-state index is 13.2. The topological polar surface area (TPSA) is 48.7 Å². The molecule has 3 aromatic rings. The quantitative estimate of drug-likeness (QED) is 0.676. The maximum absolute atomic E-state index is 13.2. The average Bonchev–Trinajstić information content (AvgIpc) is 3.06. The fourth-order valence-electron chi connectivity index (χ4n) is 2.03. The number of hydrogen-bond donors (Lipinski definition) is 1. The van der Waals surface area contributed by atoms with Crippen molar-refractivity contribution in [3.8, 4) is 17.3 Å². The SMILES string of the molecule is N#CC(=CNc1cccc(F)c1)c1nc(-c2ccc(F)cc2)cs1. The maximum Gasteiger partial charge on any atom is 0.136 e. The summed E-state index contributed by atoms with van der Waals surface area (Å²) in [5.41, 5.74) is 2.31. The number of anilines is 1. The van der Waals surface area contributed by atoms with E-state index >= 15 is 0 Å². The molecular formula is C18H11F2N3S. The second-order valence-corrected chi connectivity index (χ2v) is 5.73. The van der Waals surface area contributed by atoms with Gasteiger partial charge >= 0.3 is 0 Å². The number of benzene rings is 2. The molecule has 1 heterocycles. The monoisotopic (exact) mass is 339 g/mol. The standard InChI is InChI=1S/C18H11F2N3S/c19-14-6-4-12(5-7-14)17-11-24-18(23-17)13(9-21)10-22-16-3-1-2-15(20)8-16/h1-8,10-11,22H. The molecule has 1 aromatic heterocycles. The number of nitrogens with one attached hydrogen (secondary N) is 1. The Morgan fingerprint density at radius 1 is 1.12 bits per heavy atom. The van der Waals surface area contributed by atoms with Crippen molar-refractivity contribution in [1.82, 2.24) is 4.98 Å². The number of nitriles is 1. The van der Waals surface area contributed by atoms with Crippen LogP contribution in [0.25, 0.3) is 16.8 Å². The van der Waals surface area contributed by atoms with Gasteiger partial charge < -0.3 is 5.32 Å². The molecule has 6 heteroatoms. The fraction of sp³-hybridized carbons (Fsp3) is 0. The van der Waals surface area contributed by atoms with Crippen molar-refractivity contribution in [3.05, 3.63) is 76.8 Å². The highest BCUT2D eigenvalue weighted by atomic mass is 32.1. The van der Waals surface area contributed by atoms with E-state index in [0.29, 0.717) is 22.0 Å². The first kappa shape index (κ1) is 15.8. The summed E-state index contributed by atoms with van der Waals surface area (Å²) in [6.07, 6.45) is 1.49. The Kier molecular flexibility index (Phi) is 4.64. The van der Waals surface area contributed by atoms with Crippen molar-refractivity contribution >= 4 is 22.6 Å². The molecule has 0 aliphatic heterocycles. The summed E-state index contributed by atoms with van der Waals surface area (Å²) >= 11 is 1.31. The summed E-state index contributed by atoms with van der Waals surface area (Å²) in [6, 6.07) is 14.0. The molecule has 1 N–H and O–H groups in total. The minimum Gasteiger partial charge on any atom is -0.360 e. The molecule has 0 bridgehead atoms. The number of rotatable bonds is 4. The molecule has 24 heavy (non-hydrogen) atoms. The molecule has 0 radical (unpaired) electrons. The van der Waals surface area contributed by atoms with Gasteiger partial charge in [-0.1, -0.05) is 6.07 Å². The highest BCUT2D eigenvalue weighted by Gasteiger charge is 2.09. The minimum absolute atomic E-state index is 0.314. The zero-order valence-corrected chi connectivity index (χ0v) is 13.1. The van der Waals surface area contributed by atoms with Gasteiger partial charge in [-0.05, 0) is 42.5 Å². The molecule has 0 aliphatic rings. The third kappa shape index (κ3) is 3.65. The summed E-state index contributed by atoms with van der Waals surface area (Å²) in [5, 5.41) is 14.5. The van der Waals surface area contributed by atoms with E-state index in [9.17, 15) is 14.0 Å². The molecule has 0 amide bonds. The van der Waals surface area contributed by atoms with E-state index in [2.05, 4.69) is 16.4 Å². The van der Waals surface area contributed by atoms with Crippen LogP contribution in [0.1, 0.15) is 5.01 Å². The molecule has 2 aromatic carbocycles. The highest BCUT2D eigenvalue weighted by molar-refractivity contribution is 7.11. The second-order valence-electron chi connectivity index (χ2n) is 4.87. The number of aromatic nitrogens is 1. The number of halogens is 2. The van der Waals surface area contributed by atoms with Crippen LogP contribution in [0.5, 0.6) is 0 Å². The van der Waals surface area contributed by atoms with E-state index in [1.165, 1.54) is 41.8 Å². The van der Waals surface area contributed by atoms with Gasteiger partial charge in [-0.15, -0.1) is 11.3 Å². The molecule has 0 fully saturated rings. The number of thiazole rings is 1. The van der Waals surface area contributed by atoms with Crippen LogP contribution in [-0.2, 0) is 0 Å². The van der Waals surface area contributed by atoms with Crippen molar-refractivity contribution in [3.63, 3.8) is 0 Å². The van der Waals surface area contributed by atoms with Gasteiger partial charge in [0, 0.05) is 22.8 Å². The van der Waals surface area contributed by atoms with Crippen molar-refractivity contribution in [2.75, 3.05) is 5.32 Å².